The van der Waals surface area contributed by atoms with E-state index in [9.17, 15) is 20.4 Å². The quantitative estimate of drug-likeness (QED) is 0.0170. The first-order chi connectivity index (χ1) is 68.0. The van der Waals surface area contributed by atoms with Crippen LogP contribution in [0.15, 0.2) is 205 Å². The summed E-state index contributed by atoms with van der Waals surface area (Å²) >= 11 is 0. The van der Waals surface area contributed by atoms with E-state index in [-0.39, 0.29) is 12.1 Å². The lowest BCUT2D eigenvalue weighted by Crippen LogP contribution is -2.35. The summed E-state index contributed by atoms with van der Waals surface area (Å²) in [5.74, 6) is 12.7. The Morgan fingerprint density at radius 3 is 1.34 bits per heavy atom. The number of aliphatic imine (C=N–C) groups is 2. The first-order valence-electron chi connectivity index (χ1n) is 53.2. The van der Waals surface area contributed by atoms with Crippen LogP contribution in [0.1, 0.15) is 345 Å². The molecule has 12 rings (SSSR count). The van der Waals surface area contributed by atoms with Crippen LogP contribution in [0.3, 0.4) is 0 Å². The molecule has 10 N–H and O–H groups in total. The number of nitrogens with one attached hydrogen (secondary N) is 6. The Labute approximate surface area is 866 Å². The highest BCUT2D eigenvalue weighted by atomic mass is 16.3. The monoisotopic (exact) mass is 1970 g/mol. The molecule has 0 amide bonds. The molecule has 0 bridgehead atoms. The molecule has 0 aromatic carbocycles. The third kappa shape index (κ3) is 71.6. The lowest BCUT2D eigenvalue weighted by atomic mass is 9.95. The summed E-state index contributed by atoms with van der Waals surface area (Å²) in [6.07, 6.45) is 80.2. The van der Waals surface area contributed by atoms with Crippen LogP contribution in [0.2, 0.25) is 0 Å². The molecule has 12 heterocycles. The van der Waals surface area contributed by atoms with Gasteiger partial charge in [-0.3, -0.25) is 30.4 Å². The number of imidazole rings is 4. The van der Waals surface area contributed by atoms with E-state index >= 15 is 0 Å². The molecule has 0 fully saturated rings. The lowest BCUT2D eigenvalue weighted by molar-refractivity contribution is 0.00635. The van der Waals surface area contributed by atoms with Crippen LogP contribution in [0, 0.1) is 71.0 Å². The maximum Gasteiger partial charge on any atom is 0.131 e. The summed E-state index contributed by atoms with van der Waals surface area (Å²) in [7, 11) is 12.2. The number of H-pyrrole nitrogens is 6. The van der Waals surface area contributed by atoms with Gasteiger partial charge < -0.3 is 53.6 Å². The van der Waals surface area contributed by atoms with E-state index in [2.05, 4.69) is 376 Å². The predicted octanol–water partition coefficient (Wildman–Crippen LogP) is 27.3. The second-order valence-electron chi connectivity index (χ2n) is 42.7. The number of aryl methyl sites for hydroxylation is 8. The van der Waals surface area contributed by atoms with Crippen LogP contribution in [0.25, 0.3) is 24.3 Å². The number of likely N-dealkylation sites (N-methyl/N-ethyl adjacent to an activating group) is 1. The van der Waals surface area contributed by atoms with Gasteiger partial charge in [0.1, 0.15) is 29.4 Å². The molecule has 0 saturated carbocycles. The van der Waals surface area contributed by atoms with E-state index in [1.54, 1.807) is 31.0 Å². The number of allylic oxidation sites excluding steroid dienone is 7. The summed E-state index contributed by atoms with van der Waals surface area (Å²) in [4.78, 5) is 33.0. The van der Waals surface area contributed by atoms with Gasteiger partial charge in [-0.05, 0) is 253 Å². The van der Waals surface area contributed by atoms with Crippen molar-refractivity contribution in [3.8, 4) is 0 Å². The van der Waals surface area contributed by atoms with Crippen molar-refractivity contribution in [1.82, 2.24) is 93.9 Å². The fourth-order valence-corrected chi connectivity index (χ4v) is 14.1. The molecule has 1 unspecified atom stereocenters. The first-order valence-corrected chi connectivity index (χ1v) is 53.2. The zero-order valence-electron chi connectivity index (χ0n) is 94.4. The van der Waals surface area contributed by atoms with Crippen molar-refractivity contribution < 1.29 is 20.4 Å². The topological polar surface area (TPSA) is 326 Å². The van der Waals surface area contributed by atoms with E-state index in [4.69, 9.17) is 0 Å². The maximum absolute atomic E-state index is 10.2. The summed E-state index contributed by atoms with van der Waals surface area (Å²) in [6.45, 7) is 54.5. The van der Waals surface area contributed by atoms with Crippen molar-refractivity contribution in [3.63, 3.8) is 0 Å². The molecular weight excluding hydrogens is 1780 g/mol. The summed E-state index contributed by atoms with van der Waals surface area (Å²) in [6, 6.07) is 12.6. The number of rotatable bonds is 44. The Hall–Kier alpha value is -10.4. The number of aromatic amines is 6. The Kier molecular flexibility index (Phi) is 73.8. The van der Waals surface area contributed by atoms with Gasteiger partial charge in [-0.25, -0.2) is 19.9 Å². The average molecular weight is 1980 g/mol. The normalized spacial score (nSPS) is 13.2. The van der Waals surface area contributed by atoms with E-state index < -0.39 is 18.3 Å². The Bertz CT molecular complexity index is 4600. The molecule has 5 atom stereocenters. The molecule has 143 heavy (non-hydrogen) atoms. The molecular formula is C118H199N21O4. The molecule has 25 heteroatoms. The summed E-state index contributed by atoms with van der Waals surface area (Å²) < 4.78 is 8.44. The predicted molar refractivity (Wildman–Crippen MR) is 608 cm³/mol. The Balaban J connectivity index is 0.000000781. The molecule has 0 saturated heterocycles. The van der Waals surface area contributed by atoms with Gasteiger partial charge in [0.2, 0.25) is 0 Å². The van der Waals surface area contributed by atoms with Crippen LogP contribution in [0.5, 0.6) is 0 Å². The van der Waals surface area contributed by atoms with Crippen molar-refractivity contribution in [2.24, 2.45) is 109 Å². The molecule has 0 aliphatic carbocycles. The van der Waals surface area contributed by atoms with Crippen LogP contribution < -0.4 is 0 Å². The third-order valence-electron chi connectivity index (χ3n) is 22.4. The van der Waals surface area contributed by atoms with Gasteiger partial charge in [-0.1, -0.05) is 240 Å². The van der Waals surface area contributed by atoms with E-state index in [1.165, 1.54) is 98.0 Å². The van der Waals surface area contributed by atoms with Crippen LogP contribution in [-0.2, 0) is 53.9 Å². The largest absolute Gasteiger partial charge is 0.393 e. The second kappa shape index (κ2) is 80.8. The van der Waals surface area contributed by atoms with Gasteiger partial charge in [0.05, 0.1) is 49.5 Å². The molecule has 0 radical (unpaired) electrons. The van der Waals surface area contributed by atoms with Crippen LogP contribution in [-0.4, -0.2) is 172 Å². The zero-order chi connectivity index (χ0) is 107. The summed E-state index contributed by atoms with van der Waals surface area (Å²) in [5, 5.41) is 65.4. The Morgan fingerprint density at radius 2 is 0.902 bits per heavy atom. The molecule has 10 aromatic heterocycles. The number of aliphatic hydroxyl groups excluding tert-OH is 4. The SMILES string of the molecule is CC(C)C/C=C/C1=CCN=C1.CC(C)C/C=C/c1cccn1C.CC(C)C/C=C/c1ccn[nH]1.CC(C)C/C=C/c1ncc[nH]1.CC(C)C/C=C/c1nccn1C.CC(C)CC(O)CC1=CCN=C1.CC(C)CCCc1cccn1C.CC(C)CCCc1ccn[nH]1.CC(C)CCCc1ncc[nH]1.CC(C)CCCc1nccn1C.CC(C)C[C@@H]([C@H](O)c1cn[nH]c1)N(C)C.CC(C)C[C@H](O)[C@H](O)c1cn[nH]c1. The number of aromatic nitrogens is 18. The van der Waals surface area contributed by atoms with Crippen molar-refractivity contribution in [3.05, 3.63) is 253 Å². The standard InChI is InChI=1S/C11H21N3O.C11H19N.C11H17N.C10H18N2.C10H16N2.C10H17NO.C10H15N.C9H16N2O2.C9H16N2.C9H14N2.C9H16N2.C9H14N2/c1-8(2)5-10(14(3)4)11(15)9-6-12-13-7-9;2*1-10(2)6-4-7-11-8-5-9-12(11)3;2*1-9(2)5-4-6-10-11-7-8-12(10)3;1-8(2)5-10(12)6-9-3-4-11-7-9;1-9(2)4-3-5-10-6-7-11-8-10;1-6(2)3-8(12)9(13)7-4-10-11-5-7;2*1-8(2)4-3-5-9-10-6-7-11-9;2*1-8(2)4-3-5-9-6-7-10-11-9/h6-8,10-11,15H,5H2,1-4H3,(H,12,13);5,8-10H,4,6-7H2,1-3H3;4-5,7-10H,6H2,1-3H3;7-9H,4-6H2,1-3H3;4,6-9H,5H2,1-3H3;3,7-8,10,12H,4-6H2,1-2H3;3,5-6,8-9H,4,7H2,1-2H3;4-6,8-9,12-13H,3H2,1-2H3,(H,10,11);6-8H,3-5H2,1-2H3,(H,10,11);3,5-8H,4H2,1-2H3,(H,10,11);6-8H,3-5H2,1-2H3,(H,10,11);3,5-8H,4H2,1-2H3,(H,10,11)/b;;7-4+;;6-4+;;5-3+;;;5-3+;;5-3+/t10-,11+;;;;;;;8-,9+;;;;/m0......0..../s1. The summed E-state index contributed by atoms with van der Waals surface area (Å²) in [5.41, 5.74) is 8.99. The van der Waals surface area contributed by atoms with Crippen molar-refractivity contribution in [2.45, 2.75) is 331 Å². The van der Waals surface area contributed by atoms with Crippen molar-refractivity contribution >= 4 is 36.7 Å². The lowest BCUT2D eigenvalue weighted by Gasteiger charge is -2.29. The van der Waals surface area contributed by atoms with E-state index in [1.807, 2.05) is 120 Å². The van der Waals surface area contributed by atoms with Gasteiger partial charge in [0, 0.05) is 174 Å². The van der Waals surface area contributed by atoms with Crippen molar-refractivity contribution in [2.75, 3.05) is 27.2 Å². The molecule has 2 aliphatic rings. The average Bonchev–Trinajstić information content (AvgIpc) is 1.78. The number of hydrogen-bond donors (Lipinski definition) is 10. The fraction of sp³-hybridized carbons (Fsp3) is 0.593. The minimum absolute atomic E-state index is 0.141. The maximum atomic E-state index is 10.2. The van der Waals surface area contributed by atoms with Crippen molar-refractivity contribution in [1.29, 1.82) is 0 Å². The van der Waals surface area contributed by atoms with Crippen LogP contribution in [0.4, 0.5) is 0 Å². The number of hydrogen-bond acceptors (Lipinski definition) is 15. The smallest absolute Gasteiger partial charge is 0.131 e. The number of nitrogens with zero attached hydrogens (tertiary/aromatic N) is 15. The van der Waals surface area contributed by atoms with Gasteiger partial charge in [-0.15, -0.1) is 0 Å². The minimum Gasteiger partial charge on any atom is -0.393 e. The van der Waals surface area contributed by atoms with Gasteiger partial charge >= 0.3 is 0 Å². The molecule has 10 aromatic rings. The van der Waals surface area contributed by atoms with Gasteiger partial charge in [0.15, 0.2) is 0 Å². The number of aliphatic hydroxyl groups is 4. The molecule has 0 spiro atoms. The highest BCUT2D eigenvalue weighted by Gasteiger charge is 2.25. The van der Waals surface area contributed by atoms with Crippen LogP contribution >= 0.6 is 0 Å². The molecule has 2 aliphatic heterocycles. The molecule has 800 valence electrons. The highest BCUT2D eigenvalue weighted by Crippen LogP contribution is 2.25. The first kappa shape index (κ1) is 131. The van der Waals surface area contributed by atoms with E-state index in [0.717, 1.165) is 166 Å². The zero-order valence-corrected chi connectivity index (χ0v) is 94.4. The second-order valence-corrected chi connectivity index (χ2v) is 42.7. The Morgan fingerprint density at radius 1 is 0.406 bits per heavy atom. The third-order valence-corrected chi connectivity index (χ3v) is 22.4. The minimum atomic E-state index is -0.832. The molecule has 25 nitrogen and oxygen atoms in total. The van der Waals surface area contributed by atoms with Gasteiger partial charge in [0.25, 0.3) is 0 Å². The van der Waals surface area contributed by atoms with Gasteiger partial charge in [-0.2, -0.15) is 20.4 Å². The fourth-order valence-electron chi connectivity index (χ4n) is 14.1. The van der Waals surface area contributed by atoms with E-state index in [0.29, 0.717) is 29.7 Å². The highest BCUT2D eigenvalue weighted by molar-refractivity contribution is 5.84.